The summed E-state index contributed by atoms with van der Waals surface area (Å²) in [5.74, 6) is 0. The number of aliphatic hydroxyl groups is 1. The fraction of sp³-hybridized carbons (Fsp3) is 1.00. The van der Waals surface area contributed by atoms with Gasteiger partial charge < -0.3 is 5.11 Å². The Kier molecular flexibility index (Phi) is 19.5. The van der Waals surface area contributed by atoms with Crippen LogP contribution in [0.5, 0.6) is 0 Å². The van der Waals surface area contributed by atoms with Gasteiger partial charge >= 0.3 is 115 Å². The number of unbranched alkanes of at least 4 members (excludes halogenated alkanes) is 4. The van der Waals surface area contributed by atoms with Crippen LogP contribution in [0.1, 0.15) is 79.1 Å². The van der Waals surface area contributed by atoms with Gasteiger partial charge in [-0.2, -0.15) is 0 Å². The average molecular weight is 379 g/mol. The zero-order valence-electron chi connectivity index (χ0n) is 14.4. The molecule has 0 aliphatic carbocycles. The molecule has 0 saturated carbocycles. The topological polar surface area (TPSA) is 20.2 Å². The van der Waals surface area contributed by atoms with E-state index in [2.05, 4.69) is 27.7 Å². The molecule has 0 aromatic heterocycles. The van der Waals surface area contributed by atoms with Gasteiger partial charge in [0, 0.05) is 7.11 Å². The van der Waals surface area contributed by atoms with Crippen LogP contribution in [0.4, 0.5) is 0 Å². The standard InChI is InChI=1S/4C4H9.CH4O.Sn/c4*1-3-4-2;1-2;/h4*1,3-4H2,2H3;2H,1H3;. The van der Waals surface area contributed by atoms with Crippen molar-refractivity contribution in [3.8, 4) is 0 Å². The van der Waals surface area contributed by atoms with Crippen molar-refractivity contribution in [3.63, 3.8) is 0 Å². The van der Waals surface area contributed by atoms with E-state index in [1.807, 2.05) is 0 Å². The third kappa shape index (κ3) is 12.2. The molecule has 0 aliphatic rings. The Morgan fingerprint density at radius 2 is 0.737 bits per heavy atom. The molecule has 2 heteroatoms. The molecule has 0 heterocycles. The van der Waals surface area contributed by atoms with Gasteiger partial charge in [-0.3, -0.25) is 0 Å². The Labute approximate surface area is 127 Å². The second-order valence-electron chi connectivity index (χ2n) is 5.91. The molecule has 0 saturated heterocycles. The van der Waals surface area contributed by atoms with Crippen LogP contribution in [0.3, 0.4) is 0 Å². The Morgan fingerprint density at radius 3 is 0.895 bits per heavy atom. The predicted molar refractivity (Wildman–Crippen MR) is 92.8 cm³/mol. The summed E-state index contributed by atoms with van der Waals surface area (Å²) in [5, 5.41) is 7.00. The van der Waals surface area contributed by atoms with E-state index in [1.54, 1.807) is 17.7 Å². The zero-order chi connectivity index (χ0) is 15.0. The van der Waals surface area contributed by atoms with E-state index in [-0.39, 0.29) is 0 Å². The smallest absolute Gasteiger partial charge is 0.0319 e. The molecule has 19 heavy (non-hydrogen) atoms. The molecule has 0 aromatic carbocycles. The monoisotopic (exact) mass is 380 g/mol. The first-order chi connectivity index (χ1) is 9.24. The number of hydrogen-bond acceptors (Lipinski definition) is 1. The van der Waals surface area contributed by atoms with Gasteiger partial charge in [-0.05, 0) is 0 Å². The first-order valence-electron chi connectivity index (χ1n) is 8.69. The fourth-order valence-corrected chi connectivity index (χ4v) is 19.8. The molecule has 118 valence electrons. The molecule has 0 unspecified atom stereocenters. The molecule has 0 rings (SSSR count). The molecular formula is C17H40OSn. The molecular weight excluding hydrogens is 339 g/mol. The minimum atomic E-state index is -1.69. The van der Waals surface area contributed by atoms with Crippen molar-refractivity contribution < 1.29 is 5.11 Å². The van der Waals surface area contributed by atoms with Gasteiger partial charge in [0.25, 0.3) is 0 Å². The molecule has 0 fully saturated rings. The summed E-state index contributed by atoms with van der Waals surface area (Å²) < 4.78 is 6.80. The largest absolute Gasteiger partial charge is 0.400 e. The molecule has 0 spiro atoms. The summed E-state index contributed by atoms with van der Waals surface area (Å²) in [6.07, 6.45) is 11.8. The van der Waals surface area contributed by atoms with Crippen molar-refractivity contribution >= 4 is 18.4 Å². The minimum absolute atomic E-state index is 1.00. The van der Waals surface area contributed by atoms with E-state index in [0.717, 1.165) is 7.11 Å². The Morgan fingerprint density at radius 1 is 0.526 bits per heavy atom. The quantitative estimate of drug-likeness (QED) is 0.398. The van der Waals surface area contributed by atoms with E-state index in [0.29, 0.717) is 0 Å². The van der Waals surface area contributed by atoms with E-state index < -0.39 is 18.4 Å². The van der Waals surface area contributed by atoms with Crippen LogP contribution < -0.4 is 0 Å². The summed E-state index contributed by atoms with van der Waals surface area (Å²) in [5.41, 5.74) is 0. The van der Waals surface area contributed by atoms with Gasteiger partial charge in [-0.1, -0.05) is 0 Å². The number of rotatable bonds is 12. The van der Waals surface area contributed by atoms with Crippen LogP contribution in [0, 0.1) is 0 Å². The summed E-state index contributed by atoms with van der Waals surface area (Å²) in [6.45, 7) is 9.48. The summed E-state index contributed by atoms with van der Waals surface area (Å²) in [6, 6.07) is 0. The molecule has 0 amide bonds. The Hall–Kier alpha value is 0.759. The maximum absolute atomic E-state index is 7.00. The maximum atomic E-state index is 7.00. The first kappa shape index (κ1) is 22.0. The van der Waals surface area contributed by atoms with E-state index in [9.17, 15) is 0 Å². The second kappa shape index (κ2) is 16.8. The van der Waals surface area contributed by atoms with E-state index in [1.165, 1.54) is 51.4 Å². The Bertz CT molecular complexity index is 122. The van der Waals surface area contributed by atoms with Crippen molar-refractivity contribution in [3.05, 3.63) is 0 Å². The Balaban J connectivity index is 0. The predicted octanol–water partition coefficient (Wildman–Crippen LogP) is 6.24. The van der Waals surface area contributed by atoms with Crippen LogP contribution >= 0.6 is 0 Å². The fourth-order valence-electron chi connectivity index (χ4n) is 2.96. The molecule has 1 N–H and O–H groups in total. The molecule has 0 aromatic rings. The maximum Gasteiger partial charge on any atom is 0.0319 e. The van der Waals surface area contributed by atoms with Gasteiger partial charge in [0.1, 0.15) is 0 Å². The van der Waals surface area contributed by atoms with Crippen molar-refractivity contribution in [1.29, 1.82) is 0 Å². The van der Waals surface area contributed by atoms with Crippen LogP contribution in [0.25, 0.3) is 0 Å². The van der Waals surface area contributed by atoms with Gasteiger partial charge in [0.05, 0.1) is 0 Å². The summed E-state index contributed by atoms with van der Waals surface area (Å²) in [4.78, 5) is 0. The molecule has 1 nitrogen and oxygen atoms in total. The van der Waals surface area contributed by atoms with E-state index in [4.69, 9.17) is 5.11 Å². The van der Waals surface area contributed by atoms with Crippen molar-refractivity contribution in [2.75, 3.05) is 7.11 Å². The van der Waals surface area contributed by atoms with Crippen LogP contribution in [0.2, 0.25) is 17.7 Å². The van der Waals surface area contributed by atoms with Crippen molar-refractivity contribution in [1.82, 2.24) is 0 Å². The second-order valence-corrected chi connectivity index (χ2v) is 20.2. The molecule has 0 bridgehead atoms. The van der Waals surface area contributed by atoms with Gasteiger partial charge in [-0.25, -0.2) is 0 Å². The number of aliphatic hydroxyl groups excluding tert-OH is 1. The number of hydrogen-bond donors (Lipinski definition) is 1. The summed E-state index contributed by atoms with van der Waals surface area (Å²) in [7, 11) is 1.00. The van der Waals surface area contributed by atoms with Crippen LogP contribution in [-0.4, -0.2) is 30.6 Å². The van der Waals surface area contributed by atoms with Crippen molar-refractivity contribution in [2.45, 2.75) is 96.8 Å². The molecule has 0 aliphatic heterocycles. The molecule has 0 radical (unpaired) electrons. The minimum Gasteiger partial charge on any atom is -0.400 e. The van der Waals surface area contributed by atoms with Crippen molar-refractivity contribution in [2.24, 2.45) is 0 Å². The average Bonchev–Trinajstić information content (AvgIpc) is 2.48. The van der Waals surface area contributed by atoms with Crippen LogP contribution in [0.15, 0.2) is 0 Å². The third-order valence-corrected chi connectivity index (χ3v) is 20.4. The third-order valence-electron chi connectivity index (χ3n) is 4.24. The van der Waals surface area contributed by atoms with Gasteiger partial charge in [0.15, 0.2) is 0 Å². The molecule has 0 atom stereocenters. The van der Waals surface area contributed by atoms with Gasteiger partial charge in [-0.15, -0.1) is 0 Å². The SMILES string of the molecule is CCC[CH2][Sn]([CH2]CCC)([CH2]CCC)[CH2]CCC.CO. The first-order valence-corrected chi connectivity index (χ1v) is 16.8. The summed E-state index contributed by atoms with van der Waals surface area (Å²) >= 11 is -1.69. The zero-order valence-corrected chi connectivity index (χ0v) is 17.3. The van der Waals surface area contributed by atoms with E-state index >= 15 is 0 Å². The normalized spacial score (nSPS) is 11.1. The van der Waals surface area contributed by atoms with Gasteiger partial charge in [0.2, 0.25) is 0 Å². The van der Waals surface area contributed by atoms with Crippen LogP contribution in [-0.2, 0) is 0 Å².